The van der Waals surface area contributed by atoms with Crippen LogP contribution < -0.4 is 0 Å². The Bertz CT molecular complexity index is 1140. The van der Waals surface area contributed by atoms with Crippen molar-refractivity contribution < 1.29 is 0 Å². The monoisotopic (exact) mass is 423 g/mol. The molecule has 154 valence electrons. The van der Waals surface area contributed by atoms with E-state index in [9.17, 15) is 0 Å². The second kappa shape index (κ2) is 8.94. The molecule has 1 unspecified atom stereocenters. The van der Waals surface area contributed by atoms with Gasteiger partial charge in [-0.15, -0.1) is 5.10 Å². The Morgan fingerprint density at radius 1 is 0.903 bits per heavy atom. The van der Waals surface area contributed by atoms with E-state index >= 15 is 0 Å². The largest absolute Gasteiger partial charge is 0.248 e. The summed E-state index contributed by atoms with van der Waals surface area (Å²) in [5, 5.41) is 4.51. The molecule has 1 aliphatic rings. The van der Waals surface area contributed by atoms with Crippen LogP contribution in [0.1, 0.15) is 52.4 Å². The van der Waals surface area contributed by atoms with Gasteiger partial charge in [0.2, 0.25) is 0 Å². The van der Waals surface area contributed by atoms with E-state index < -0.39 is 0 Å². The molecular weight excluding hydrogens is 398 g/mol. The third-order valence-electron chi connectivity index (χ3n) is 6.17. The first-order chi connectivity index (χ1) is 15.3. The Balaban J connectivity index is 1.58. The molecule has 1 aromatic heterocycles. The van der Waals surface area contributed by atoms with Crippen molar-refractivity contribution in [1.82, 2.24) is 9.59 Å². The minimum Gasteiger partial charge on any atom is -0.248 e. The highest BCUT2D eigenvalue weighted by atomic mass is 32.1. The number of rotatable bonds is 6. The first-order valence-corrected chi connectivity index (χ1v) is 11.7. The molecule has 4 aromatic rings. The Hall–Kier alpha value is -3.11. The highest BCUT2D eigenvalue weighted by molar-refractivity contribution is 7.05. The molecule has 1 heterocycles. The molecule has 0 spiro atoms. The summed E-state index contributed by atoms with van der Waals surface area (Å²) in [7, 11) is 0. The lowest BCUT2D eigenvalue weighted by Gasteiger charge is -2.33. The zero-order valence-corrected chi connectivity index (χ0v) is 18.4. The highest BCUT2D eigenvalue weighted by Crippen LogP contribution is 2.44. The van der Waals surface area contributed by atoms with Crippen molar-refractivity contribution in [2.24, 2.45) is 10.9 Å². The number of benzene rings is 3. The van der Waals surface area contributed by atoms with Crippen molar-refractivity contribution in [2.75, 3.05) is 0 Å². The van der Waals surface area contributed by atoms with Gasteiger partial charge in [0.25, 0.3) is 0 Å². The van der Waals surface area contributed by atoms with Gasteiger partial charge in [-0.25, -0.2) is 4.99 Å². The number of aliphatic imine (C=N–C) groups is 1. The third-order valence-corrected chi connectivity index (χ3v) is 6.81. The summed E-state index contributed by atoms with van der Waals surface area (Å²) in [4.78, 5) is 6.35. The Kier molecular flexibility index (Phi) is 5.72. The summed E-state index contributed by atoms with van der Waals surface area (Å²) in [6.45, 7) is 2.14. The standard InChI is InChI=1S/C27H25N3S/c1-19-26(29-30-31-19)25(20-14-8-15-20)23-16-9-17-24(18-23)28-27(21-10-4-2-5-11-21)22-12-6-3-7-13-22/h2-7,9-13,16-18,20,25H,8,14-15H2,1H3. The normalized spacial score (nSPS) is 14.6. The zero-order chi connectivity index (χ0) is 21.0. The molecule has 0 saturated heterocycles. The van der Waals surface area contributed by atoms with E-state index in [1.807, 2.05) is 12.1 Å². The highest BCUT2D eigenvalue weighted by Gasteiger charge is 2.32. The van der Waals surface area contributed by atoms with E-state index in [4.69, 9.17) is 4.99 Å². The maximum atomic E-state index is 5.13. The summed E-state index contributed by atoms with van der Waals surface area (Å²) in [6.07, 6.45) is 3.82. The minimum atomic E-state index is 0.305. The summed E-state index contributed by atoms with van der Waals surface area (Å²) in [5.41, 5.74) is 6.64. The SMILES string of the molecule is Cc1snnc1C(c1cccc(N=C(c2ccccc2)c2ccccc2)c1)C1CCC1. The van der Waals surface area contributed by atoms with Crippen molar-refractivity contribution in [3.63, 3.8) is 0 Å². The van der Waals surface area contributed by atoms with Gasteiger partial charge in [-0.3, -0.25) is 0 Å². The number of aryl methyl sites for hydroxylation is 1. The molecule has 1 atom stereocenters. The van der Waals surface area contributed by atoms with Crippen LogP contribution in [0.3, 0.4) is 0 Å². The number of hydrogen-bond acceptors (Lipinski definition) is 4. The topological polar surface area (TPSA) is 38.1 Å². The predicted octanol–water partition coefficient (Wildman–Crippen LogP) is 6.95. The van der Waals surface area contributed by atoms with Crippen molar-refractivity contribution >= 4 is 22.9 Å². The van der Waals surface area contributed by atoms with Crippen LogP contribution in [0.25, 0.3) is 0 Å². The molecule has 0 N–H and O–H groups in total. The van der Waals surface area contributed by atoms with Gasteiger partial charge >= 0.3 is 0 Å². The molecule has 1 fully saturated rings. The first-order valence-electron chi connectivity index (χ1n) is 10.9. The summed E-state index contributed by atoms with van der Waals surface area (Å²) < 4.78 is 4.22. The first kappa shape index (κ1) is 19.8. The molecule has 4 heteroatoms. The van der Waals surface area contributed by atoms with Crippen molar-refractivity contribution in [1.29, 1.82) is 0 Å². The van der Waals surface area contributed by atoms with E-state index in [-0.39, 0.29) is 0 Å². The van der Waals surface area contributed by atoms with Crippen LogP contribution >= 0.6 is 11.5 Å². The van der Waals surface area contributed by atoms with E-state index in [0.29, 0.717) is 11.8 Å². The fourth-order valence-corrected chi connectivity index (χ4v) is 4.87. The van der Waals surface area contributed by atoms with Crippen molar-refractivity contribution in [3.8, 4) is 0 Å². The molecule has 0 radical (unpaired) electrons. The molecular formula is C27H25N3S. The average Bonchev–Trinajstić information content (AvgIpc) is 3.21. The third kappa shape index (κ3) is 4.21. The molecule has 31 heavy (non-hydrogen) atoms. The summed E-state index contributed by atoms with van der Waals surface area (Å²) >= 11 is 1.50. The minimum absolute atomic E-state index is 0.305. The number of nitrogens with zero attached hydrogens (tertiary/aromatic N) is 3. The van der Waals surface area contributed by atoms with E-state index in [0.717, 1.165) is 28.2 Å². The molecule has 0 aliphatic heterocycles. The lowest BCUT2D eigenvalue weighted by molar-refractivity contribution is 0.280. The lowest BCUT2D eigenvalue weighted by Crippen LogP contribution is -2.22. The van der Waals surface area contributed by atoms with Gasteiger partial charge in [0.1, 0.15) is 0 Å². The molecule has 3 aromatic carbocycles. The molecule has 1 aliphatic carbocycles. The van der Waals surface area contributed by atoms with E-state index in [2.05, 4.69) is 89.3 Å². The second-order valence-electron chi connectivity index (χ2n) is 8.17. The quantitative estimate of drug-likeness (QED) is 0.315. The van der Waals surface area contributed by atoms with Crippen LogP contribution in [-0.2, 0) is 0 Å². The van der Waals surface area contributed by atoms with Crippen LogP contribution in [-0.4, -0.2) is 15.3 Å². The summed E-state index contributed by atoms with van der Waals surface area (Å²) in [6, 6.07) is 29.5. The predicted molar refractivity (Wildman–Crippen MR) is 128 cm³/mol. The summed E-state index contributed by atoms with van der Waals surface area (Å²) in [5.74, 6) is 0.948. The van der Waals surface area contributed by atoms with E-state index in [1.54, 1.807) is 0 Å². The van der Waals surface area contributed by atoms with Crippen LogP contribution in [0, 0.1) is 12.8 Å². The molecule has 5 rings (SSSR count). The van der Waals surface area contributed by atoms with Crippen LogP contribution in [0.15, 0.2) is 89.9 Å². The molecule has 0 bridgehead atoms. The van der Waals surface area contributed by atoms with Gasteiger partial charge in [0.05, 0.1) is 17.1 Å². The van der Waals surface area contributed by atoms with Crippen LogP contribution in [0.5, 0.6) is 0 Å². The van der Waals surface area contributed by atoms with E-state index in [1.165, 1.54) is 41.2 Å². The average molecular weight is 424 g/mol. The van der Waals surface area contributed by atoms with Crippen LogP contribution in [0.4, 0.5) is 5.69 Å². The Morgan fingerprint density at radius 2 is 1.58 bits per heavy atom. The molecule has 1 saturated carbocycles. The van der Waals surface area contributed by atoms with Crippen LogP contribution in [0.2, 0.25) is 0 Å². The van der Waals surface area contributed by atoms with Gasteiger partial charge in [-0.05, 0) is 54.9 Å². The maximum Gasteiger partial charge on any atom is 0.0862 e. The zero-order valence-electron chi connectivity index (χ0n) is 17.6. The van der Waals surface area contributed by atoms with Crippen molar-refractivity contribution in [2.45, 2.75) is 32.1 Å². The molecule has 0 amide bonds. The Morgan fingerprint density at radius 3 is 2.13 bits per heavy atom. The van der Waals surface area contributed by atoms with Crippen molar-refractivity contribution in [3.05, 3.63) is 112 Å². The fourth-order valence-electron chi connectivity index (χ4n) is 4.36. The smallest absolute Gasteiger partial charge is 0.0862 e. The molecule has 3 nitrogen and oxygen atoms in total. The second-order valence-corrected chi connectivity index (χ2v) is 9.13. The van der Waals surface area contributed by atoms with Gasteiger partial charge in [-0.2, -0.15) is 0 Å². The Labute approximate surface area is 187 Å². The number of hydrogen-bond donors (Lipinski definition) is 0. The fraction of sp³-hybridized carbons (Fsp3) is 0.222. The van der Waals surface area contributed by atoms with Gasteiger partial charge < -0.3 is 0 Å². The van der Waals surface area contributed by atoms with Gasteiger partial charge in [0.15, 0.2) is 0 Å². The van der Waals surface area contributed by atoms with Gasteiger partial charge in [-0.1, -0.05) is 83.7 Å². The number of aromatic nitrogens is 2. The maximum absolute atomic E-state index is 5.13. The lowest BCUT2D eigenvalue weighted by atomic mass is 9.71. The van der Waals surface area contributed by atoms with Gasteiger partial charge in [0, 0.05) is 21.9 Å².